The van der Waals surface area contributed by atoms with E-state index in [0.29, 0.717) is 11.4 Å². The molecule has 1 atom stereocenters. The predicted molar refractivity (Wildman–Crippen MR) is 110 cm³/mol. The van der Waals surface area contributed by atoms with Gasteiger partial charge in [-0.25, -0.2) is 0 Å². The van der Waals surface area contributed by atoms with E-state index in [-0.39, 0.29) is 5.75 Å². The van der Waals surface area contributed by atoms with Gasteiger partial charge in [0.05, 0.1) is 5.69 Å². The van der Waals surface area contributed by atoms with Gasteiger partial charge in [0.1, 0.15) is 11.5 Å². The van der Waals surface area contributed by atoms with Gasteiger partial charge < -0.3 is 9.29 Å². The molecule has 0 spiro atoms. The maximum Gasteiger partial charge on any atom is 0.316 e. The fraction of sp³-hybridized carbons (Fsp3) is 0.429. The monoisotopic (exact) mass is 375 g/mol. The summed E-state index contributed by atoms with van der Waals surface area (Å²) in [6, 6.07) is 0. The van der Waals surface area contributed by atoms with Gasteiger partial charge in [0.2, 0.25) is 0 Å². The Labute approximate surface area is 159 Å². The van der Waals surface area contributed by atoms with E-state index in [9.17, 15) is 9.32 Å². The molecule has 0 radical (unpaired) electrons. The van der Waals surface area contributed by atoms with Crippen molar-refractivity contribution in [3.8, 4) is 11.5 Å². The molecule has 4 nitrogen and oxygen atoms in total. The largest absolute Gasteiger partial charge is 0.505 e. The number of rotatable bonds is 4. The molecule has 0 aromatic heterocycles. The van der Waals surface area contributed by atoms with Crippen LogP contribution in [-0.2, 0) is 11.3 Å². The standard InChI is InChI=1S/C21H29NO3S/c1-10-13(4)17(8)21(18(9)14(10)5)25-26(24)22-19-15(6)11(2)12(3)16(7)20(19)23/h22-23H,1-9H3. The van der Waals surface area contributed by atoms with E-state index in [1.807, 2.05) is 55.4 Å². The second-order valence-corrected chi connectivity index (χ2v) is 7.94. The van der Waals surface area contributed by atoms with Crippen LogP contribution in [0.15, 0.2) is 0 Å². The van der Waals surface area contributed by atoms with Crippen LogP contribution in [0.1, 0.15) is 50.1 Å². The van der Waals surface area contributed by atoms with Crippen molar-refractivity contribution in [1.29, 1.82) is 0 Å². The van der Waals surface area contributed by atoms with Crippen molar-refractivity contribution >= 4 is 17.0 Å². The number of anilines is 1. The highest BCUT2D eigenvalue weighted by atomic mass is 32.2. The van der Waals surface area contributed by atoms with Gasteiger partial charge in [0, 0.05) is 0 Å². The number of hydrogen-bond donors (Lipinski definition) is 2. The van der Waals surface area contributed by atoms with Crippen LogP contribution in [0.4, 0.5) is 5.69 Å². The van der Waals surface area contributed by atoms with Crippen LogP contribution in [0.3, 0.4) is 0 Å². The molecule has 26 heavy (non-hydrogen) atoms. The average molecular weight is 376 g/mol. The molecule has 1 unspecified atom stereocenters. The van der Waals surface area contributed by atoms with Gasteiger partial charge >= 0.3 is 11.3 Å². The fourth-order valence-electron chi connectivity index (χ4n) is 3.19. The first-order valence-electron chi connectivity index (χ1n) is 8.72. The summed E-state index contributed by atoms with van der Waals surface area (Å²) in [5.74, 6) is 0.751. The Morgan fingerprint density at radius 2 is 1.04 bits per heavy atom. The minimum Gasteiger partial charge on any atom is -0.505 e. The van der Waals surface area contributed by atoms with Crippen LogP contribution in [0, 0.1) is 62.3 Å². The average Bonchev–Trinajstić information content (AvgIpc) is 2.62. The van der Waals surface area contributed by atoms with Crippen LogP contribution in [-0.4, -0.2) is 9.32 Å². The zero-order valence-electron chi connectivity index (χ0n) is 17.2. The predicted octanol–water partition coefficient (Wildman–Crippen LogP) is 5.24. The van der Waals surface area contributed by atoms with Crippen molar-refractivity contribution in [1.82, 2.24) is 0 Å². The maximum atomic E-state index is 12.7. The smallest absolute Gasteiger partial charge is 0.316 e. The highest BCUT2D eigenvalue weighted by Crippen LogP contribution is 2.37. The lowest BCUT2D eigenvalue weighted by Crippen LogP contribution is -2.15. The Balaban J connectivity index is 2.41. The molecule has 2 rings (SSSR count). The van der Waals surface area contributed by atoms with Crippen molar-refractivity contribution in [2.75, 3.05) is 4.72 Å². The molecule has 0 aliphatic rings. The zero-order valence-corrected chi connectivity index (χ0v) is 18.0. The molecular weight excluding hydrogens is 346 g/mol. The van der Waals surface area contributed by atoms with E-state index >= 15 is 0 Å². The summed E-state index contributed by atoms with van der Waals surface area (Å²) in [6.07, 6.45) is 0. The van der Waals surface area contributed by atoms with E-state index in [1.54, 1.807) is 0 Å². The highest BCUT2D eigenvalue weighted by Gasteiger charge is 2.19. The molecule has 2 aromatic rings. The fourth-order valence-corrected chi connectivity index (χ4v) is 4.05. The number of aromatic hydroxyl groups is 1. The van der Waals surface area contributed by atoms with Crippen molar-refractivity contribution in [2.24, 2.45) is 0 Å². The molecule has 0 amide bonds. The maximum absolute atomic E-state index is 12.7. The minimum atomic E-state index is -1.82. The first kappa shape index (κ1) is 20.3. The lowest BCUT2D eigenvalue weighted by molar-refractivity contribution is 0.472. The lowest BCUT2D eigenvalue weighted by atomic mass is 9.94. The molecule has 0 fully saturated rings. The first-order chi connectivity index (χ1) is 12.0. The molecular formula is C21H29NO3S. The van der Waals surface area contributed by atoms with Crippen LogP contribution >= 0.6 is 0 Å². The Morgan fingerprint density at radius 3 is 1.54 bits per heavy atom. The summed E-state index contributed by atoms with van der Waals surface area (Å²) in [7, 11) is 0. The van der Waals surface area contributed by atoms with Crippen LogP contribution in [0.2, 0.25) is 0 Å². The summed E-state index contributed by atoms with van der Waals surface area (Å²) >= 11 is -1.82. The van der Waals surface area contributed by atoms with Gasteiger partial charge in [-0.1, -0.05) is 0 Å². The summed E-state index contributed by atoms with van der Waals surface area (Å²) in [4.78, 5) is 0. The summed E-state index contributed by atoms with van der Waals surface area (Å²) in [5.41, 5.74) is 9.68. The normalized spacial score (nSPS) is 12.2. The summed E-state index contributed by atoms with van der Waals surface area (Å²) < 4.78 is 21.3. The first-order valence-corrected chi connectivity index (χ1v) is 9.79. The van der Waals surface area contributed by atoms with Crippen molar-refractivity contribution in [3.05, 3.63) is 50.1 Å². The van der Waals surface area contributed by atoms with Crippen LogP contribution in [0.25, 0.3) is 0 Å². The van der Waals surface area contributed by atoms with E-state index in [0.717, 1.165) is 44.5 Å². The van der Waals surface area contributed by atoms with E-state index in [4.69, 9.17) is 4.18 Å². The number of benzene rings is 2. The lowest BCUT2D eigenvalue weighted by Gasteiger charge is -2.20. The summed E-state index contributed by atoms with van der Waals surface area (Å²) in [6.45, 7) is 17.8. The minimum absolute atomic E-state index is 0.118. The van der Waals surface area contributed by atoms with Crippen LogP contribution < -0.4 is 8.91 Å². The molecule has 5 heteroatoms. The number of phenolic OH excluding ortho intramolecular Hbond substituents is 1. The van der Waals surface area contributed by atoms with Gasteiger partial charge in [0.25, 0.3) is 0 Å². The Hall–Kier alpha value is -2.01. The quantitative estimate of drug-likeness (QED) is 0.719. The van der Waals surface area contributed by atoms with Crippen molar-refractivity contribution < 1.29 is 13.5 Å². The van der Waals surface area contributed by atoms with Crippen molar-refractivity contribution in [3.63, 3.8) is 0 Å². The van der Waals surface area contributed by atoms with Gasteiger partial charge in [-0.15, -0.1) is 0 Å². The van der Waals surface area contributed by atoms with Gasteiger partial charge in [-0.05, 0) is 112 Å². The number of hydrogen-bond acceptors (Lipinski definition) is 3. The third-order valence-electron chi connectivity index (χ3n) is 5.93. The molecule has 0 bridgehead atoms. The molecule has 0 heterocycles. The molecule has 0 saturated carbocycles. The third-order valence-corrected chi connectivity index (χ3v) is 6.62. The third kappa shape index (κ3) is 3.32. The van der Waals surface area contributed by atoms with Crippen LogP contribution in [0.5, 0.6) is 11.5 Å². The second kappa shape index (κ2) is 7.31. The Morgan fingerprint density at radius 1 is 0.654 bits per heavy atom. The topological polar surface area (TPSA) is 58.6 Å². The molecule has 0 aliphatic heterocycles. The molecule has 2 aromatic carbocycles. The molecule has 142 valence electrons. The second-order valence-electron chi connectivity index (χ2n) is 7.10. The number of nitrogens with one attached hydrogen (secondary N) is 1. The highest BCUT2D eigenvalue weighted by molar-refractivity contribution is 7.82. The van der Waals surface area contributed by atoms with E-state index in [2.05, 4.69) is 11.6 Å². The number of phenols is 1. The van der Waals surface area contributed by atoms with E-state index < -0.39 is 11.3 Å². The van der Waals surface area contributed by atoms with Crippen molar-refractivity contribution in [2.45, 2.75) is 62.3 Å². The Bertz CT molecular complexity index is 785. The Kier molecular flexibility index (Phi) is 5.71. The summed E-state index contributed by atoms with van der Waals surface area (Å²) in [5, 5.41) is 10.5. The van der Waals surface area contributed by atoms with Gasteiger partial charge in [0.15, 0.2) is 0 Å². The molecule has 0 aliphatic carbocycles. The van der Waals surface area contributed by atoms with E-state index in [1.165, 1.54) is 5.56 Å². The SMILES string of the molecule is Cc1c(C)c(C)c(OS(=O)Nc2c(C)c(C)c(C)c(C)c2O)c(C)c1C. The molecule has 0 saturated heterocycles. The van der Waals surface area contributed by atoms with Gasteiger partial charge in [-0.3, -0.25) is 4.72 Å². The molecule has 2 N–H and O–H groups in total. The van der Waals surface area contributed by atoms with Gasteiger partial charge in [-0.2, -0.15) is 4.21 Å². The zero-order chi connectivity index (χ0) is 19.9.